The van der Waals surface area contributed by atoms with E-state index in [0.717, 1.165) is 0 Å². The number of nitro groups is 1. The van der Waals surface area contributed by atoms with Crippen molar-refractivity contribution in [3.05, 3.63) is 33.9 Å². The van der Waals surface area contributed by atoms with E-state index in [9.17, 15) is 14.9 Å². The summed E-state index contributed by atoms with van der Waals surface area (Å²) in [6, 6.07) is 4.08. The maximum atomic E-state index is 11.8. The van der Waals surface area contributed by atoms with Crippen molar-refractivity contribution >= 4 is 17.3 Å². The SMILES string of the molecule is CN(C)CCNC(=O)c1ccc(NN)c([N+](=O)[O-])c1. The highest BCUT2D eigenvalue weighted by molar-refractivity contribution is 5.95. The van der Waals surface area contributed by atoms with Crippen molar-refractivity contribution in [3.8, 4) is 0 Å². The van der Waals surface area contributed by atoms with E-state index < -0.39 is 4.92 Å². The van der Waals surface area contributed by atoms with Gasteiger partial charge in [-0.1, -0.05) is 0 Å². The number of hydrazine groups is 1. The molecule has 8 heteroatoms. The van der Waals surface area contributed by atoms with Crippen LogP contribution in [0.4, 0.5) is 11.4 Å². The Morgan fingerprint density at radius 1 is 1.47 bits per heavy atom. The van der Waals surface area contributed by atoms with Crippen molar-refractivity contribution < 1.29 is 9.72 Å². The maximum absolute atomic E-state index is 11.8. The summed E-state index contributed by atoms with van der Waals surface area (Å²) >= 11 is 0. The number of nitrogens with two attached hydrogens (primary N) is 1. The smallest absolute Gasteiger partial charge is 0.294 e. The third kappa shape index (κ3) is 4.19. The number of carbonyl (C=O) groups excluding carboxylic acids is 1. The average Bonchev–Trinajstić information content (AvgIpc) is 2.37. The molecular formula is C11H17N5O3. The highest BCUT2D eigenvalue weighted by atomic mass is 16.6. The third-order valence-corrected chi connectivity index (χ3v) is 2.46. The van der Waals surface area contributed by atoms with Crippen LogP contribution in [0.3, 0.4) is 0 Å². The fourth-order valence-electron chi connectivity index (χ4n) is 1.44. The van der Waals surface area contributed by atoms with Crippen molar-refractivity contribution in [3.63, 3.8) is 0 Å². The number of nitrogen functional groups attached to an aromatic ring is 1. The predicted molar refractivity (Wildman–Crippen MR) is 71.8 cm³/mol. The Balaban J connectivity index is 2.81. The van der Waals surface area contributed by atoms with Crippen LogP contribution < -0.4 is 16.6 Å². The zero-order valence-electron chi connectivity index (χ0n) is 10.8. The Morgan fingerprint density at radius 3 is 2.68 bits per heavy atom. The number of benzene rings is 1. The molecule has 1 aromatic carbocycles. The van der Waals surface area contributed by atoms with Crippen LogP contribution in [0.5, 0.6) is 0 Å². The van der Waals surface area contributed by atoms with Gasteiger partial charge in [0.1, 0.15) is 5.69 Å². The molecule has 0 spiro atoms. The molecule has 19 heavy (non-hydrogen) atoms. The van der Waals surface area contributed by atoms with E-state index in [2.05, 4.69) is 10.7 Å². The lowest BCUT2D eigenvalue weighted by Gasteiger charge is -2.10. The van der Waals surface area contributed by atoms with Crippen molar-refractivity contribution in [1.29, 1.82) is 0 Å². The Morgan fingerprint density at radius 2 is 2.16 bits per heavy atom. The van der Waals surface area contributed by atoms with E-state index in [1.165, 1.54) is 18.2 Å². The van der Waals surface area contributed by atoms with Gasteiger partial charge in [-0.3, -0.25) is 20.8 Å². The molecule has 0 saturated carbocycles. The lowest BCUT2D eigenvalue weighted by Crippen LogP contribution is -2.31. The quantitative estimate of drug-likeness (QED) is 0.384. The summed E-state index contributed by atoms with van der Waals surface area (Å²) in [5.74, 6) is 4.81. The van der Waals surface area contributed by atoms with Gasteiger partial charge in [0.2, 0.25) is 0 Å². The molecule has 8 nitrogen and oxygen atoms in total. The molecule has 1 amide bonds. The topological polar surface area (TPSA) is 114 Å². The molecule has 0 aliphatic heterocycles. The molecule has 0 heterocycles. The van der Waals surface area contributed by atoms with Crippen LogP contribution in [-0.4, -0.2) is 42.9 Å². The molecule has 0 fully saturated rings. The number of nitrogens with zero attached hydrogens (tertiary/aromatic N) is 2. The Labute approximate surface area is 110 Å². The van der Waals surface area contributed by atoms with Gasteiger partial charge in [-0.15, -0.1) is 0 Å². The molecule has 0 bridgehead atoms. The highest BCUT2D eigenvalue weighted by Gasteiger charge is 2.16. The monoisotopic (exact) mass is 267 g/mol. The predicted octanol–water partition coefficient (Wildman–Crippen LogP) is 0.172. The molecule has 0 aliphatic carbocycles. The minimum absolute atomic E-state index is 0.162. The van der Waals surface area contributed by atoms with Crippen molar-refractivity contribution in [1.82, 2.24) is 10.2 Å². The first-order chi connectivity index (χ1) is 8.95. The summed E-state index contributed by atoms with van der Waals surface area (Å²) in [6.07, 6.45) is 0. The Hall–Kier alpha value is -2.19. The molecule has 1 aromatic rings. The van der Waals surface area contributed by atoms with Crippen molar-refractivity contribution in [2.75, 3.05) is 32.6 Å². The number of carbonyl (C=O) groups is 1. The van der Waals surface area contributed by atoms with Gasteiger partial charge in [-0.25, -0.2) is 0 Å². The number of hydrogen-bond acceptors (Lipinski definition) is 6. The summed E-state index contributed by atoms with van der Waals surface area (Å²) in [7, 11) is 3.78. The van der Waals surface area contributed by atoms with Crippen molar-refractivity contribution in [2.24, 2.45) is 5.84 Å². The van der Waals surface area contributed by atoms with Crippen LogP contribution >= 0.6 is 0 Å². The summed E-state index contributed by atoms with van der Waals surface area (Å²) in [4.78, 5) is 24.0. The van der Waals surface area contributed by atoms with Gasteiger partial charge in [0, 0.05) is 24.7 Å². The Kier molecular flexibility index (Phi) is 5.22. The number of amides is 1. The van der Waals surface area contributed by atoms with Crippen LogP contribution in [0.25, 0.3) is 0 Å². The number of anilines is 1. The fourth-order valence-corrected chi connectivity index (χ4v) is 1.44. The van der Waals surface area contributed by atoms with Gasteiger partial charge >= 0.3 is 0 Å². The second-order valence-electron chi connectivity index (χ2n) is 4.19. The highest BCUT2D eigenvalue weighted by Crippen LogP contribution is 2.24. The van der Waals surface area contributed by atoms with E-state index >= 15 is 0 Å². The molecule has 4 N–H and O–H groups in total. The lowest BCUT2D eigenvalue weighted by atomic mass is 10.1. The zero-order chi connectivity index (χ0) is 14.4. The fraction of sp³-hybridized carbons (Fsp3) is 0.364. The summed E-state index contributed by atoms with van der Waals surface area (Å²) < 4.78 is 0. The van der Waals surface area contributed by atoms with E-state index in [1.54, 1.807) is 0 Å². The van der Waals surface area contributed by atoms with Gasteiger partial charge in [0.15, 0.2) is 0 Å². The molecule has 0 unspecified atom stereocenters. The average molecular weight is 267 g/mol. The molecule has 0 aromatic heterocycles. The van der Waals surface area contributed by atoms with Crippen LogP contribution in [0.15, 0.2) is 18.2 Å². The van der Waals surface area contributed by atoms with Gasteiger partial charge in [-0.2, -0.15) is 0 Å². The van der Waals surface area contributed by atoms with Crippen molar-refractivity contribution in [2.45, 2.75) is 0 Å². The number of likely N-dealkylation sites (N-methyl/N-ethyl adjacent to an activating group) is 1. The largest absolute Gasteiger partial charge is 0.351 e. The van der Waals surface area contributed by atoms with Crippen LogP contribution in [0, 0.1) is 10.1 Å². The number of rotatable bonds is 6. The summed E-state index contributed by atoms with van der Waals surface area (Å²) in [6.45, 7) is 1.16. The van der Waals surface area contributed by atoms with Gasteiger partial charge in [0.05, 0.1) is 4.92 Å². The Bertz CT molecular complexity index is 475. The van der Waals surface area contributed by atoms with E-state index in [4.69, 9.17) is 5.84 Å². The van der Waals surface area contributed by atoms with Gasteiger partial charge < -0.3 is 15.6 Å². The van der Waals surface area contributed by atoms with Crippen LogP contribution in [0.1, 0.15) is 10.4 Å². The van der Waals surface area contributed by atoms with Crippen LogP contribution in [0.2, 0.25) is 0 Å². The second-order valence-corrected chi connectivity index (χ2v) is 4.19. The molecule has 1 rings (SSSR count). The number of hydrogen-bond donors (Lipinski definition) is 3. The summed E-state index contributed by atoms with van der Waals surface area (Å²) in [5.41, 5.74) is 2.38. The molecule has 0 saturated heterocycles. The number of nitrogens with one attached hydrogen (secondary N) is 2. The minimum Gasteiger partial charge on any atom is -0.351 e. The number of nitro benzene ring substituents is 1. The zero-order valence-corrected chi connectivity index (χ0v) is 10.8. The molecule has 0 atom stereocenters. The normalized spacial score (nSPS) is 10.3. The van der Waals surface area contributed by atoms with E-state index in [-0.39, 0.29) is 22.8 Å². The summed E-state index contributed by atoms with van der Waals surface area (Å²) in [5, 5.41) is 13.5. The second kappa shape index (κ2) is 6.66. The first-order valence-corrected chi connectivity index (χ1v) is 5.63. The van der Waals surface area contributed by atoms with Crippen LogP contribution in [-0.2, 0) is 0 Å². The standard InChI is InChI=1S/C11H17N5O3/c1-15(2)6-5-13-11(17)8-3-4-9(14-12)10(7-8)16(18)19/h3-4,7,14H,5-6,12H2,1-2H3,(H,13,17). The van der Waals surface area contributed by atoms with E-state index in [0.29, 0.717) is 13.1 Å². The first kappa shape index (κ1) is 14.9. The van der Waals surface area contributed by atoms with E-state index in [1.807, 2.05) is 19.0 Å². The molecule has 0 radical (unpaired) electrons. The molecular weight excluding hydrogens is 250 g/mol. The molecule has 0 aliphatic rings. The minimum atomic E-state index is -0.591. The maximum Gasteiger partial charge on any atom is 0.294 e. The third-order valence-electron chi connectivity index (χ3n) is 2.46. The van der Waals surface area contributed by atoms with Gasteiger partial charge in [-0.05, 0) is 26.2 Å². The lowest BCUT2D eigenvalue weighted by molar-refractivity contribution is -0.384. The molecule has 104 valence electrons. The first-order valence-electron chi connectivity index (χ1n) is 5.63. The van der Waals surface area contributed by atoms with Gasteiger partial charge in [0.25, 0.3) is 11.6 Å².